The molecule has 0 saturated heterocycles. The first kappa shape index (κ1) is 16.8. The Labute approximate surface area is 170 Å². The van der Waals surface area contributed by atoms with E-state index >= 15 is 0 Å². The second-order valence-corrected chi connectivity index (χ2v) is 10.1. The summed E-state index contributed by atoms with van der Waals surface area (Å²) in [4.78, 5) is 0. The highest BCUT2D eigenvalue weighted by molar-refractivity contribution is 14.1. The maximum Gasteiger partial charge on any atom is -0.00189 e. The quantitative estimate of drug-likeness (QED) is 0.410. The Morgan fingerprint density at radius 2 is 1.77 bits per heavy atom. The van der Waals surface area contributed by atoms with Gasteiger partial charge in [0.25, 0.3) is 0 Å². The van der Waals surface area contributed by atoms with Gasteiger partial charge in [-0.2, -0.15) is 0 Å². The second-order valence-electron chi connectivity index (χ2n) is 8.73. The topological polar surface area (TPSA) is 0 Å². The molecule has 2 aromatic carbocycles. The fourth-order valence-corrected chi connectivity index (χ4v) is 5.98. The lowest BCUT2D eigenvalue weighted by molar-refractivity contribution is 0.413. The van der Waals surface area contributed by atoms with E-state index in [9.17, 15) is 0 Å². The minimum absolute atomic E-state index is 0.231. The molecule has 0 fully saturated rings. The average molecular weight is 452 g/mol. The molecule has 3 aliphatic rings. The van der Waals surface area contributed by atoms with Gasteiger partial charge >= 0.3 is 0 Å². The van der Waals surface area contributed by atoms with E-state index in [4.69, 9.17) is 0 Å². The highest BCUT2D eigenvalue weighted by atomic mass is 127. The first-order chi connectivity index (χ1) is 12.5. The van der Waals surface area contributed by atoms with Crippen molar-refractivity contribution in [1.82, 2.24) is 0 Å². The molecule has 2 aromatic rings. The van der Waals surface area contributed by atoms with Gasteiger partial charge in [0.05, 0.1) is 0 Å². The number of halogens is 1. The lowest BCUT2D eigenvalue weighted by Crippen LogP contribution is -2.24. The summed E-state index contributed by atoms with van der Waals surface area (Å²) < 4.78 is 1.49. The van der Waals surface area contributed by atoms with Crippen molar-refractivity contribution in [2.75, 3.05) is 0 Å². The van der Waals surface area contributed by atoms with Gasteiger partial charge in [0.1, 0.15) is 0 Å². The lowest BCUT2D eigenvalue weighted by atomic mass is 9.74. The number of aryl methyl sites for hydroxylation is 1. The second kappa shape index (κ2) is 6.09. The Morgan fingerprint density at radius 1 is 0.962 bits per heavy atom. The molecule has 3 aliphatic carbocycles. The number of allylic oxidation sites excluding steroid dienone is 4. The summed E-state index contributed by atoms with van der Waals surface area (Å²) in [5.41, 5.74) is 9.53. The van der Waals surface area contributed by atoms with Crippen LogP contribution in [0.1, 0.15) is 60.4 Å². The van der Waals surface area contributed by atoms with Gasteiger partial charge in [0.2, 0.25) is 0 Å². The standard InChI is InChI=1S/C25H25I/c1-25(2)23-14-19(18-8-7-16-5-3-4-6-17(16)13-18)9-11-21(23)22-12-10-20(26)15-24(22)25/h3-6,9-12,14,18,24H,7-8,13,15H2,1-2H3. The zero-order valence-electron chi connectivity index (χ0n) is 15.6. The van der Waals surface area contributed by atoms with Crippen molar-refractivity contribution >= 4 is 28.2 Å². The molecule has 0 aliphatic heterocycles. The van der Waals surface area contributed by atoms with Crippen molar-refractivity contribution in [1.29, 1.82) is 0 Å². The van der Waals surface area contributed by atoms with Gasteiger partial charge < -0.3 is 0 Å². The smallest absolute Gasteiger partial charge is 0.00189 e. The van der Waals surface area contributed by atoms with Crippen molar-refractivity contribution in [3.63, 3.8) is 0 Å². The van der Waals surface area contributed by atoms with E-state index in [2.05, 4.69) is 91.1 Å². The van der Waals surface area contributed by atoms with Crippen LogP contribution in [0.4, 0.5) is 0 Å². The van der Waals surface area contributed by atoms with Gasteiger partial charge in [0.15, 0.2) is 0 Å². The minimum atomic E-state index is 0.231. The van der Waals surface area contributed by atoms with Crippen molar-refractivity contribution in [3.8, 4) is 0 Å². The molecular formula is C25H25I. The van der Waals surface area contributed by atoms with Crippen LogP contribution in [0.3, 0.4) is 0 Å². The molecule has 0 nitrogen and oxygen atoms in total. The average Bonchev–Trinajstić information content (AvgIpc) is 2.88. The molecule has 0 aromatic heterocycles. The van der Waals surface area contributed by atoms with Gasteiger partial charge in [-0.05, 0) is 102 Å². The fraction of sp³-hybridized carbons (Fsp3) is 0.360. The number of fused-ring (bicyclic) bond motifs is 4. The summed E-state index contributed by atoms with van der Waals surface area (Å²) in [5, 5.41) is 0. The van der Waals surface area contributed by atoms with E-state index in [1.165, 1.54) is 34.8 Å². The molecule has 0 amide bonds. The van der Waals surface area contributed by atoms with E-state index in [1.807, 2.05) is 0 Å². The molecule has 0 N–H and O–H groups in total. The van der Waals surface area contributed by atoms with Crippen LogP contribution in [0.15, 0.2) is 58.2 Å². The third kappa shape index (κ3) is 2.54. The summed E-state index contributed by atoms with van der Waals surface area (Å²) in [7, 11) is 0. The Morgan fingerprint density at radius 3 is 2.62 bits per heavy atom. The normalized spacial score (nSPS) is 25.7. The van der Waals surface area contributed by atoms with E-state index in [0.29, 0.717) is 11.8 Å². The summed E-state index contributed by atoms with van der Waals surface area (Å²) in [6, 6.07) is 16.4. The lowest BCUT2D eigenvalue weighted by Gasteiger charge is -2.31. The molecule has 2 unspecified atom stereocenters. The van der Waals surface area contributed by atoms with Crippen LogP contribution >= 0.6 is 22.6 Å². The third-order valence-electron chi connectivity index (χ3n) is 6.96. The van der Waals surface area contributed by atoms with Crippen LogP contribution in [0.25, 0.3) is 5.57 Å². The molecule has 1 heteroatoms. The maximum atomic E-state index is 2.56. The Bertz CT molecular complexity index is 944. The molecule has 5 rings (SSSR count). The summed E-state index contributed by atoms with van der Waals surface area (Å²) in [6.07, 6.45) is 9.57. The van der Waals surface area contributed by atoms with Gasteiger partial charge in [0, 0.05) is 0 Å². The third-order valence-corrected chi connectivity index (χ3v) is 7.76. The molecule has 0 saturated carbocycles. The number of rotatable bonds is 1. The number of hydrogen-bond acceptors (Lipinski definition) is 0. The highest BCUT2D eigenvalue weighted by Crippen LogP contribution is 2.55. The van der Waals surface area contributed by atoms with Crippen LogP contribution in [-0.2, 0) is 18.3 Å². The molecular weight excluding hydrogens is 427 g/mol. The molecule has 26 heavy (non-hydrogen) atoms. The van der Waals surface area contributed by atoms with Gasteiger partial charge in [-0.1, -0.05) is 68.5 Å². The first-order valence-electron chi connectivity index (χ1n) is 9.82. The fourth-order valence-electron chi connectivity index (χ4n) is 5.36. The number of hydrogen-bond donors (Lipinski definition) is 0. The molecule has 0 heterocycles. The van der Waals surface area contributed by atoms with Crippen LogP contribution in [0.5, 0.6) is 0 Å². The predicted octanol–water partition coefficient (Wildman–Crippen LogP) is 6.97. The first-order valence-corrected chi connectivity index (χ1v) is 10.9. The van der Waals surface area contributed by atoms with E-state index < -0.39 is 0 Å². The monoisotopic (exact) mass is 452 g/mol. The van der Waals surface area contributed by atoms with Crippen molar-refractivity contribution in [2.24, 2.45) is 5.92 Å². The zero-order chi connectivity index (χ0) is 17.9. The molecule has 0 radical (unpaired) electrons. The summed E-state index contributed by atoms with van der Waals surface area (Å²) in [5.74, 6) is 1.30. The van der Waals surface area contributed by atoms with Crippen LogP contribution in [-0.4, -0.2) is 0 Å². The Balaban J connectivity index is 1.53. The van der Waals surface area contributed by atoms with Gasteiger partial charge in [-0.15, -0.1) is 0 Å². The van der Waals surface area contributed by atoms with Crippen LogP contribution in [0, 0.1) is 5.92 Å². The maximum absolute atomic E-state index is 2.56. The van der Waals surface area contributed by atoms with Crippen LogP contribution in [0.2, 0.25) is 0 Å². The molecule has 132 valence electrons. The highest BCUT2D eigenvalue weighted by Gasteiger charge is 2.43. The van der Waals surface area contributed by atoms with Gasteiger partial charge in [-0.3, -0.25) is 0 Å². The largest absolute Gasteiger partial charge is 0.0620 e. The SMILES string of the molecule is CC1(C)c2cc(C3CCc4ccccc4C3)ccc2C2=CC=C(I)CC21. The van der Waals surface area contributed by atoms with Crippen LogP contribution < -0.4 is 0 Å². The van der Waals surface area contributed by atoms with Gasteiger partial charge in [-0.25, -0.2) is 0 Å². The van der Waals surface area contributed by atoms with Crippen molar-refractivity contribution in [3.05, 3.63) is 86.0 Å². The Hall–Kier alpha value is -1.35. The predicted molar refractivity (Wildman–Crippen MR) is 119 cm³/mol. The summed E-state index contributed by atoms with van der Waals surface area (Å²) >= 11 is 2.51. The van der Waals surface area contributed by atoms with E-state index in [-0.39, 0.29) is 5.41 Å². The molecule has 0 bridgehead atoms. The number of benzene rings is 2. The molecule has 2 atom stereocenters. The van der Waals surface area contributed by atoms with E-state index in [1.54, 1.807) is 27.8 Å². The zero-order valence-corrected chi connectivity index (χ0v) is 17.7. The van der Waals surface area contributed by atoms with Crippen molar-refractivity contribution < 1.29 is 0 Å². The molecule has 0 spiro atoms. The van der Waals surface area contributed by atoms with E-state index in [0.717, 1.165) is 0 Å². The van der Waals surface area contributed by atoms with Crippen molar-refractivity contribution in [2.45, 2.75) is 50.9 Å². The minimum Gasteiger partial charge on any atom is -0.0620 e. The summed E-state index contributed by atoms with van der Waals surface area (Å²) in [6.45, 7) is 4.90. The Kier molecular flexibility index (Phi) is 3.93.